The van der Waals surface area contributed by atoms with Crippen molar-refractivity contribution in [1.82, 2.24) is 4.90 Å². The van der Waals surface area contributed by atoms with Crippen molar-refractivity contribution in [2.75, 3.05) is 12.3 Å². The van der Waals surface area contributed by atoms with Crippen LogP contribution in [0.1, 0.15) is 31.7 Å². The van der Waals surface area contributed by atoms with E-state index in [2.05, 4.69) is 48.2 Å². The molecule has 2 aromatic carbocycles. The Kier molecular flexibility index (Phi) is 3.43. The van der Waals surface area contributed by atoms with Crippen LogP contribution < -0.4 is 5.73 Å². The molecule has 1 fully saturated rings. The Hall–Kier alpha value is -1.54. The molecule has 0 atom stereocenters. The lowest BCUT2D eigenvalue weighted by atomic mass is 10.0. The number of fused-ring (bicyclic) bond motifs is 1. The van der Waals surface area contributed by atoms with E-state index in [0.717, 1.165) is 18.3 Å². The van der Waals surface area contributed by atoms with Gasteiger partial charge in [0.1, 0.15) is 0 Å². The largest absolute Gasteiger partial charge is 0.398 e. The number of rotatable bonds is 5. The van der Waals surface area contributed by atoms with Crippen LogP contribution in [0.3, 0.4) is 0 Å². The summed E-state index contributed by atoms with van der Waals surface area (Å²) < 4.78 is 0. The second-order valence-electron chi connectivity index (χ2n) is 5.60. The van der Waals surface area contributed by atoms with Crippen molar-refractivity contribution in [3.8, 4) is 0 Å². The van der Waals surface area contributed by atoms with E-state index in [0.29, 0.717) is 0 Å². The summed E-state index contributed by atoms with van der Waals surface area (Å²) in [7, 11) is 0. The highest BCUT2D eigenvalue weighted by molar-refractivity contribution is 5.86. The van der Waals surface area contributed by atoms with Gasteiger partial charge in [-0.25, -0.2) is 0 Å². The highest BCUT2D eigenvalue weighted by atomic mass is 15.2. The Morgan fingerprint density at radius 2 is 1.84 bits per heavy atom. The van der Waals surface area contributed by atoms with Crippen molar-refractivity contribution in [3.63, 3.8) is 0 Å². The van der Waals surface area contributed by atoms with Gasteiger partial charge in [0.25, 0.3) is 0 Å². The van der Waals surface area contributed by atoms with Crippen LogP contribution in [-0.2, 0) is 6.54 Å². The van der Waals surface area contributed by atoms with E-state index in [1.807, 2.05) is 0 Å². The Morgan fingerprint density at radius 3 is 2.47 bits per heavy atom. The van der Waals surface area contributed by atoms with E-state index in [9.17, 15) is 0 Å². The monoisotopic (exact) mass is 254 g/mol. The maximum atomic E-state index is 6.22. The van der Waals surface area contributed by atoms with Gasteiger partial charge in [0, 0.05) is 18.3 Å². The fraction of sp³-hybridized carbons (Fsp3) is 0.412. The molecule has 1 aliphatic carbocycles. The Bertz CT molecular complexity index is 572. The normalized spacial score (nSPS) is 15.3. The molecule has 0 amide bonds. The Balaban J connectivity index is 1.88. The number of benzene rings is 2. The molecule has 3 rings (SSSR count). The molecule has 2 aromatic rings. The van der Waals surface area contributed by atoms with E-state index >= 15 is 0 Å². The van der Waals surface area contributed by atoms with Gasteiger partial charge in [-0.2, -0.15) is 0 Å². The highest BCUT2D eigenvalue weighted by Gasteiger charge is 2.28. The quantitative estimate of drug-likeness (QED) is 0.822. The first-order chi connectivity index (χ1) is 9.28. The van der Waals surface area contributed by atoms with Crippen LogP contribution in [0.5, 0.6) is 0 Å². The van der Waals surface area contributed by atoms with Crippen LogP contribution >= 0.6 is 0 Å². The lowest BCUT2D eigenvalue weighted by Gasteiger charge is -2.22. The minimum atomic E-state index is 0.797. The summed E-state index contributed by atoms with van der Waals surface area (Å²) in [6.45, 7) is 4.42. The third kappa shape index (κ3) is 2.74. The zero-order valence-electron chi connectivity index (χ0n) is 11.6. The van der Waals surface area contributed by atoms with Gasteiger partial charge in [0.15, 0.2) is 0 Å². The first-order valence-electron chi connectivity index (χ1n) is 7.29. The Labute approximate surface area is 115 Å². The third-order valence-electron chi connectivity index (χ3n) is 3.96. The van der Waals surface area contributed by atoms with Crippen molar-refractivity contribution < 1.29 is 0 Å². The molecule has 2 nitrogen and oxygen atoms in total. The topological polar surface area (TPSA) is 29.3 Å². The van der Waals surface area contributed by atoms with Crippen LogP contribution in [0.4, 0.5) is 5.69 Å². The number of nitrogens with zero attached hydrogens (tertiary/aromatic N) is 1. The highest BCUT2D eigenvalue weighted by Crippen LogP contribution is 2.30. The molecular weight excluding hydrogens is 232 g/mol. The zero-order valence-corrected chi connectivity index (χ0v) is 11.6. The van der Waals surface area contributed by atoms with E-state index < -0.39 is 0 Å². The van der Waals surface area contributed by atoms with Gasteiger partial charge >= 0.3 is 0 Å². The van der Waals surface area contributed by atoms with Crippen molar-refractivity contribution in [1.29, 1.82) is 0 Å². The van der Waals surface area contributed by atoms with Gasteiger partial charge in [-0.1, -0.05) is 31.2 Å². The van der Waals surface area contributed by atoms with E-state index in [-0.39, 0.29) is 0 Å². The Morgan fingerprint density at radius 1 is 1.16 bits per heavy atom. The predicted molar refractivity (Wildman–Crippen MR) is 82.1 cm³/mol. The van der Waals surface area contributed by atoms with E-state index in [1.165, 1.54) is 42.1 Å². The number of nitrogens with two attached hydrogens (primary N) is 1. The minimum Gasteiger partial charge on any atom is -0.398 e. The van der Waals surface area contributed by atoms with Crippen molar-refractivity contribution in [2.24, 2.45) is 0 Å². The number of anilines is 1. The summed E-state index contributed by atoms with van der Waals surface area (Å²) in [5, 5.41) is 2.52. The van der Waals surface area contributed by atoms with Gasteiger partial charge in [-0.15, -0.1) is 0 Å². The summed E-state index contributed by atoms with van der Waals surface area (Å²) in [4.78, 5) is 2.58. The molecule has 0 unspecified atom stereocenters. The molecule has 2 N–H and O–H groups in total. The first kappa shape index (κ1) is 12.5. The maximum Gasteiger partial charge on any atom is 0.0366 e. The fourth-order valence-electron chi connectivity index (χ4n) is 2.78. The number of hydrogen-bond acceptors (Lipinski definition) is 2. The summed E-state index contributed by atoms with van der Waals surface area (Å²) in [5.41, 5.74) is 8.43. The SMILES string of the molecule is CCCN(Cc1cc2ccccc2cc1N)C1CC1. The van der Waals surface area contributed by atoms with Crippen LogP contribution in [0, 0.1) is 0 Å². The van der Waals surface area contributed by atoms with Crippen LogP contribution in [0.15, 0.2) is 36.4 Å². The molecular formula is C17H22N2. The number of hydrogen-bond donors (Lipinski definition) is 1. The third-order valence-corrected chi connectivity index (χ3v) is 3.96. The molecule has 2 heteroatoms. The average Bonchev–Trinajstić information content (AvgIpc) is 3.23. The fourth-order valence-corrected chi connectivity index (χ4v) is 2.78. The molecule has 1 aliphatic rings. The molecule has 0 aliphatic heterocycles. The van der Waals surface area contributed by atoms with Crippen LogP contribution in [0.25, 0.3) is 10.8 Å². The maximum absolute atomic E-state index is 6.22. The minimum absolute atomic E-state index is 0.797. The van der Waals surface area contributed by atoms with Gasteiger partial charge in [-0.05, 0) is 54.3 Å². The second kappa shape index (κ2) is 5.22. The van der Waals surface area contributed by atoms with Crippen molar-refractivity contribution >= 4 is 16.5 Å². The summed E-state index contributed by atoms with van der Waals surface area (Å²) >= 11 is 0. The standard InChI is InChI=1S/C17H22N2/c1-2-9-19(16-7-8-16)12-15-10-13-5-3-4-6-14(13)11-17(15)18/h3-6,10-11,16H,2,7-9,12,18H2,1H3. The smallest absolute Gasteiger partial charge is 0.0366 e. The summed E-state index contributed by atoms with van der Waals surface area (Å²) in [6, 6.07) is 13.6. The van der Waals surface area contributed by atoms with Gasteiger partial charge in [-0.3, -0.25) is 4.90 Å². The summed E-state index contributed by atoms with van der Waals surface area (Å²) in [6.07, 6.45) is 3.92. The van der Waals surface area contributed by atoms with Gasteiger partial charge in [0.2, 0.25) is 0 Å². The molecule has 0 radical (unpaired) electrons. The van der Waals surface area contributed by atoms with E-state index in [4.69, 9.17) is 5.73 Å². The van der Waals surface area contributed by atoms with Crippen LogP contribution in [-0.4, -0.2) is 17.5 Å². The summed E-state index contributed by atoms with van der Waals surface area (Å²) in [5.74, 6) is 0. The van der Waals surface area contributed by atoms with Crippen molar-refractivity contribution in [2.45, 2.75) is 38.8 Å². The van der Waals surface area contributed by atoms with Gasteiger partial charge < -0.3 is 5.73 Å². The average molecular weight is 254 g/mol. The first-order valence-corrected chi connectivity index (χ1v) is 7.29. The van der Waals surface area contributed by atoms with Crippen molar-refractivity contribution in [3.05, 3.63) is 42.0 Å². The van der Waals surface area contributed by atoms with Crippen LogP contribution in [0.2, 0.25) is 0 Å². The molecule has 0 heterocycles. The molecule has 1 saturated carbocycles. The van der Waals surface area contributed by atoms with Gasteiger partial charge in [0.05, 0.1) is 0 Å². The lowest BCUT2D eigenvalue weighted by molar-refractivity contribution is 0.256. The predicted octanol–water partition coefficient (Wildman–Crippen LogP) is 3.80. The number of nitrogen functional groups attached to an aromatic ring is 1. The lowest BCUT2D eigenvalue weighted by Crippen LogP contribution is -2.26. The molecule has 0 bridgehead atoms. The molecule has 100 valence electrons. The molecule has 0 spiro atoms. The molecule has 0 saturated heterocycles. The van der Waals surface area contributed by atoms with E-state index in [1.54, 1.807) is 0 Å². The zero-order chi connectivity index (χ0) is 13.2. The second-order valence-corrected chi connectivity index (χ2v) is 5.60. The molecule has 19 heavy (non-hydrogen) atoms. The molecule has 0 aromatic heterocycles.